The molecule has 0 aliphatic carbocycles. The summed E-state index contributed by atoms with van der Waals surface area (Å²) in [6.07, 6.45) is 3.57. The van der Waals surface area contributed by atoms with Crippen LogP contribution in [-0.4, -0.2) is 35.1 Å². The van der Waals surface area contributed by atoms with E-state index in [1.807, 2.05) is 0 Å². The molecule has 3 atom stereocenters. The van der Waals surface area contributed by atoms with E-state index < -0.39 is 0 Å². The van der Waals surface area contributed by atoms with Crippen molar-refractivity contribution in [2.75, 3.05) is 13.1 Å². The first-order chi connectivity index (χ1) is 9.15. The van der Waals surface area contributed by atoms with Crippen molar-refractivity contribution in [2.45, 2.75) is 51.7 Å². The summed E-state index contributed by atoms with van der Waals surface area (Å²) in [5.41, 5.74) is 0.955. The van der Waals surface area contributed by atoms with Gasteiger partial charge >= 0.3 is 0 Å². The van der Waals surface area contributed by atoms with Crippen LogP contribution in [0.15, 0.2) is 18.3 Å². The Hall–Kier alpha value is -1.00. The van der Waals surface area contributed by atoms with Crippen LogP contribution in [-0.2, 0) is 0 Å². The van der Waals surface area contributed by atoms with E-state index >= 15 is 0 Å². The number of halogens is 1. The lowest BCUT2D eigenvalue weighted by atomic mass is 10.0. The minimum absolute atomic E-state index is 0.238. The van der Waals surface area contributed by atoms with Crippen LogP contribution in [0.25, 0.3) is 0 Å². The monoisotopic (exact) mass is 265 g/mol. The minimum atomic E-state index is -0.269. The second-order valence-corrected chi connectivity index (χ2v) is 5.35. The fourth-order valence-electron chi connectivity index (χ4n) is 2.82. The van der Waals surface area contributed by atoms with Crippen LogP contribution in [0, 0.1) is 5.82 Å². The molecule has 0 amide bonds. The van der Waals surface area contributed by atoms with Gasteiger partial charge in [-0.3, -0.25) is 9.88 Å². The number of hydrogen-bond donors (Lipinski definition) is 1. The summed E-state index contributed by atoms with van der Waals surface area (Å²) in [7, 11) is 0. The van der Waals surface area contributed by atoms with Crippen molar-refractivity contribution >= 4 is 0 Å². The Morgan fingerprint density at radius 2 is 2.21 bits per heavy atom. The van der Waals surface area contributed by atoms with E-state index in [4.69, 9.17) is 0 Å². The molecule has 19 heavy (non-hydrogen) atoms. The quantitative estimate of drug-likeness (QED) is 0.907. The number of nitrogens with zero attached hydrogens (tertiary/aromatic N) is 2. The van der Waals surface area contributed by atoms with E-state index in [1.54, 1.807) is 6.07 Å². The van der Waals surface area contributed by atoms with Crippen LogP contribution in [0.2, 0.25) is 0 Å². The van der Waals surface area contributed by atoms with E-state index in [-0.39, 0.29) is 11.9 Å². The molecule has 1 fully saturated rings. The van der Waals surface area contributed by atoms with Gasteiger partial charge in [0, 0.05) is 31.2 Å². The van der Waals surface area contributed by atoms with Gasteiger partial charge in [0.25, 0.3) is 0 Å². The van der Waals surface area contributed by atoms with Crippen LogP contribution in [0.3, 0.4) is 0 Å². The third-order valence-corrected chi connectivity index (χ3v) is 4.18. The molecule has 2 rings (SSSR count). The Labute approximate surface area is 115 Å². The number of pyridine rings is 1. The zero-order valence-electron chi connectivity index (χ0n) is 12.1. The Kier molecular flexibility index (Phi) is 4.88. The highest BCUT2D eigenvalue weighted by Gasteiger charge is 2.30. The molecule has 0 radical (unpaired) electrons. The number of nitrogens with one attached hydrogen (secondary N) is 1. The summed E-state index contributed by atoms with van der Waals surface area (Å²) >= 11 is 0. The maximum atomic E-state index is 13.0. The SMILES string of the molecule is CCC1CN(C(C)c2ccc(F)cn2)C(CC)CN1. The summed E-state index contributed by atoms with van der Waals surface area (Å²) in [6.45, 7) is 8.66. The van der Waals surface area contributed by atoms with Crippen LogP contribution in [0.5, 0.6) is 0 Å². The molecule has 4 heteroatoms. The Morgan fingerprint density at radius 1 is 1.42 bits per heavy atom. The van der Waals surface area contributed by atoms with Crippen LogP contribution < -0.4 is 5.32 Å². The van der Waals surface area contributed by atoms with Crippen molar-refractivity contribution in [2.24, 2.45) is 0 Å². The molecule has 0 bridgehead atoms. The van der Waals surface area contributed by atoms with Crippen LogP contribution in [0.1, 0.15) is 45.3 Å². The summed E-state index contributed by atoms with van der Waals surface area (Å²) in [5, 5.41) is 3.59. The fraction of sp³-hybridized carbons (Fsp3) is 0.667. The highest BCUT2D eigenvalue weighted by Crippen LogP contribution is 2.25. The van der Waals surface area contributed by atoms with Gasteiger partial charge in [-0.2, -0.15) is 0 Å². The largest absolute Gasteiger partial charge is 0.311 e. The van der Waals surface area contributed by atoms with Gasteiger partial charge in [0.05, 0.1) is 11.9 Å². The van der Waals surface area contributed by atoms with Crippen molar-refractivity contribution in [3.8, 4) is 0 Å². The molecule has 1 aromatic rings. The van der Waals surface area contributed by atoms with Crippen molar-refractivity contribution in [3.63, 3.8) is 0 Å². The molecule has 1 N–H and O–H groups in total. The Bertz CT molecular complexity index is 393. The van der Waals surface area contributed by atoms with Crippen LogP contribution >= 0.6 is 0 Å². The summed E-state index contributed by atoms with van der Waals surface area (Å²) in [5.74, 6) is -0.269. The molecule has 0 saturated carbocycles. The molecule has 2 heterocycles. The Morgan fingerprint density at radius 3 is 2.79 bits per heavy atom. The second kappa shape index (κ2) is 6.44. The molecule has 1 saturated heterocycles. The van der Waals surface area contributed by atoms with Crippen molar-refractivity contribution in [1.29, 1.82) is 0 Å². The van der Waals surface area contributed by atoms with Gasteiger partial charge < -0.3 is 5.32 Å². The number of piperazine rings is 1. The number of rotatable bonds is 4. The molecular weight excluding hydrogens is 241 g/mol. The summed E-state index contributed by atoms with van der Waals surface area (Å²) in [6, 6.07) is 4.62. The van der Waals surface area contributed by atoms with Crippen molar-refractivity contribution in [3.05, 3.63) is 29.8 Å². The highest BCUT2D eigenvalue weighted by atomic mass is 19.1. The van der Waals surface area contributed by atoms with E-state index in [0.717, 1.165) is 31.6 Å². The number of aromatic nitrogens is 1. The molecule has 1 aromatic heterocycles. The zero-order chi connectivity index (χ0) is 13.8. The van der Waals surface area contributed by atoms with Crippen LogP contribution in [0.4, 0.5) is 4.39 Å². The lowest BCUT2D eigenvalue weighted by Gasteiger charge is -2.43. The molecule has 3 unspecified atom stereocenters. The fourth-order valence-corrected chi connectivity index (χ4v) is 2.82. The molecule has 3 nitrogen and oxygen atoms in total. The predicted molar refractivity (Wildman–Crippen MR) is 75.5 cm³/mol. The van der Waals surface area contributed by atoms with Gasteiger partial charge in [-0.1, -0.05) is 13.8 Å². The molecule has 1 aliphatic rings. The number of hydrogen-bond acceptors (Lipinski definition) is 3. The first-order valence-corrected chi connectivity index (χ1v) is 7.26. The van der Waals surface area contributed by atoms with Gasteiger partial charge in [0.2, 0.25) is 0 Å². The van der Waals surface area contributed by atoms with E-state index in [1.165, 1.54) is 12.3 Å². The maximum Gasteiger partial charge on any atom is 0.141 e. The first-order valence-electron chi connectivity index (χ1n) is 7.26. The minimum Gasteiger partial charge on any atom is -0.311 e. The smallest absolute Gasteiger partial charge is 0.141 e. The summed E-state index contributed by atoms with van der Waals surface area (Å²) < 4.78 is 13.0. The predicted octanol–water partition coefficient (Wildman–Crippen LogP) is 2.74. The van der Waals surface area contributed by atoms with Gasteiger partial charge in [0.1, 0.15) is 5.82 Å². The third-order valence-electron chi connectivity index (χ3n) is 4.18. The standard InChI is InChI=1S/C15H24FN3/c1-4-13-10-19(14(5-2)9-17-13)11(3)15-7-6-12(16)8-18-15/h6-8,11,13-14,17H,4-5,9-10H2,1-3H3. The van der Waals surface area contributed by atoms with E-state index in [9.17, 15) is 4.39 Å². The Balaban J connectivity index is 2.14. The highest BCUT2D eigenvalue weighted by molar-refractivity contribution is 5.10. The van der Waals surface area contributed by atoms with E-state index in [2.05, 4.69) is 36.0 Å². The van der Waals surface area contributed by atoms with Gasteiger partial charge in [0.15, 0.2) is 0 Å². The normalized spacial score (nSPS) is 26.3. The van der Waals surface area contributed by atoms with E-state index in [0.29, 0.717) is 12.1 Å². The second-order valence-electron chi connectivity index (χ2n) is 5.35. The molecule has 0 spiro atoms. The lowest BCUT2D eigenvalue weighted by Crippen LogP contribution is -2.56. The zero-order valence-corrected chi connectivity index (χ0v) is 12.1. The molecule has 106 valence electrons. The topological polar surface area (TPSA) is 28.2 Å². The molecule has 1 aliphatic heterocycles. The molecule has 0 aromatic carbocycles. The third kappa shape index (κ3) is 3.31. The lowest BCUT2D eigenvalue weighted by molar-refractivity contribution is 0.0831. The summed E-state index contributed by atoms with van der Waals surface area (Å²) in [4.78, 5) is 6.74. The van der Waals surface area contributed by atoms with Gasteiger partial charge in [-0.15, -0.1) is 0 Å². The average Bonchev–Trinajstić information content (AvgIpc) is 2.46. The maximum absolute atomic E-state index is 13.0. The van der Waals surface area contributed by atoms with Crippen molar-refractivity contribution < 1.29 is 4.39 Å². The van der Waals surface area contributed by atoms with Gasteiger partial charge in [-0.25, -0.2) is 4.39 Å². The average molecular weight is 265 g/mol. The molecular formula is C15H24FN3. The first kappa shape index (κ1) is 14.4. The van der Waals surface area contributed by atoms with Gasteiger partial charge in [-0.05, 0) is 31.9 Å². The van der Waals surface area contributed by atoms with Crippen molar-refractivity contribution in [1.82, 2.24) is 15.2 Å².